The predicted molar refractivity (Wildman–Crippen MR) is 68.4 cm³/mol. The van der Waals surface area contributed by atoms with Crippen LogP contribution in [0.2, 0.25) is 0 Å². The third kappa shape index (κ3) is 7.32. The Balaban J connectivity index is 0. The van der Waals surface area contributed by atoms with Gasteiger partial charge in [-0.1, -0.05) is 18.8 Å². The zero-order valence-corrected chi connectivity index (χ0v) is 18.5. The Morgan fingerprint density at radius 1 is 0.552 bits per heavy atom. The summed E-state index contributed by atoms with van der Waals surface area (Å²) >= 11 is 0. The molecule has 0 N–H and O–H groups in total. The van der Waals surface area contributed by atoms with E-state index in [0.717, 1.165) is 0 Å². The van der Waals surface area contributed by atoms with Crippen molar-refractivity contribution in [2.45, 2.75) is 74.6 Å². The Morgan fingerprint density at radius 3 is 1.17 bits per heavy atom. The van der Waals surface area contributed by atoms with E-state index in [-0.39, 0.29) is 31.1 Å². The van der Waals surface area contributed by atoms with Crippen LogP contribution in [0.4, 0.5) is 61.5 Å². The number of alkyl halides is 14. The number of halogens is 14. The summed E-state index contributed by atoms with van der Waals surface area (Å²) < 4.78 is 176. The number of rotatable bonds is 8. The van der Waals surface area contributed by atoms with Gasteiger partial charge in [0.25, 0.3) is 11.3 Å². The van der Waals surface area contributed by atoms with E-state index in [4.69, 9.17) is 0 Å². The van der Waals surface area contributed by atoms with Crippen molar-refractivity contribution in [3.05, 3.63) is 6.92 Å². The Labute approximate surface area is 180 Å². The topological polar surface area (TPSA) is 0 Å². The molecule has 0 bridgehead atoms. The summed E-state index contributed by atoms with van der Waals surface area (Å²) in [5, 5.41) is 0. The molecule has 0 saturated carbocycles. The second-order valence-electron chi connectivity index (χ2n) is 6.20. The van der Waals surface area contributed by atoms with Gasteiger partial charge in [-0.15, -0.1) is 0 Å². The molecule has 0 aliphatic carbocycles. The van der Waals surface area contributed by atoms with Crippen molar-refractivity contribution in [2.75, 3.05) is 0 Å². The van der Waals surface area contributed by atoms with Gasteiger partial charge in [0.15, 0.2) is 0 Å². The maximum absolute atomic E-state index is 13.6. The van der Waals surface area contributed by atoms with Crippen LogP contribution in [0.5, 0.6) is 0 Å². The first-order valence-corrected chi connectivity index (χ1v) is 7.58. The van der Waals surface area contributed by atoms with Crippen LogP contribution in [0.15, 0.2) is 0 Å². The summed E-state index contributed by atoms with van der Waals surface area (Å²) in [7, 11) is 0. The van der Waals surface area contributed by atoms with Crippen LogP contribution in [0.1, 0.15) is 38.5 Å². The molecule has 29 heavy (non-hydrogen) atoms. The Hall–Kier alpha value is 0.0719. The fourth-order valence-electron chi connectivity index (χ4n) is 2.38. The first-order chi connectivity index (χ1) is 12.1. The number of unbranched alkanes of at least 4 members (excludes halogenated alkanes) is 1. The number of hydrogen-bond donors (Lipinski definition) is 0. The van der Waals surface area contributed by atoms with Crippen molar-refractivity contribution in [1.29, 1.82) is 0 Å². The molecule has 0 aliphatic heterocycles. The molecule has 0 aliphatic rings. The minimum absolute atomic E-state index is 0. The molecule has 0 spiro atoms. The van der Waals surface area contributed by atoms with Gasteiger partial charge in [0.05, 0.1) is 0 Å². The molecular formula is C14H15F14U-. The molecule has 1 unspecified atom stereocenters. The molecular weight excluding hydrogens is 672 g/mol. The summed E-state index contributed by atoms with van der Waals surface area (Å²) in [5.41, 5.74) is -11.2. The van der Waals surface area contributed by atoms with Gasteiger partial charge < -0.3 is 6.92 Å². The fraction of sp³-hybridized carbons (Fsp3) is 0.929. The molecule has 0 heterocycles. The zero-order valence-electron chi connectivity index (χ0n) is 14.3. The van der Waals surface area contributed by atoms with Gasteiger partial charge in [-0.25, -0.2) is 8.78 Å². The largest absolute Gasteiger partial charge is 0.431 e. The molecule has 15 heteroatoms. The van der Waals surface area contributed by atoms with Crippen LogP contribution in [0.25, 0.3) is 0 Å². The van der Waals surface area contributed by atoms with Crippen molar-refractivity contribution in [3.8, 4) is 0 Å². The second-order valence-corrected chi connectivity index (χ2v) is 6.20. The van der Waals surface area contributed by atoms with Crippen LogP contribution in [-0.4, -0.2) is 36.0 Å². The summed E-state index contributed by atoms with van der Waals surface area (Å²) in [4.78, 5) is 0. The molecule has 0 saturated heterocycles. The third-order valence-corrected chi connectivity index (χ3v) is 4.16. The molecule has 174 valence electrons. The van der Waals surface area contributed by atoms with Crippen LogP contribution >= 0.6 is 0 Å². The molecule has 0 aromatic heterocycles. The van der Waals surface area contributed by atoms with Crippen molar-refractivity contribution in [3.63, 3.8) is 0 Å². The smallest absolute Gasteiger partial charge is 0.343 e. The Morgan fingerprint density at radius 2 is 0.897 bits per heavy atom. The SMILES string of the molecule is [CH2-]CC(CCCCC(F)(C(F)(F)F)C(F)(F)F)CC(F)(C(F)(F)F)C(F)(F)F.[U]. The maximum Gasteiger partial charge on any atom is 0.431 e. The molecule has 0 rings (SSSR count). The maximum atomic E-state index is 13.6. The van der Waals surface area contributed by atoms with Crippen molar-refractivity contribution >= 4 is 0 Å². The van der Waals surface area contributed by atoms with Gasteiger partial charge in [0, 0.05) is 37.5 Å². The van der Waals surface area contributed by atoms with Crippen molar-refractivity contribution in [1.82, 2.24) is 0 Å². The van der Waals surface area contributed by atoms with E-state index in [1.807, 2.05) is 0 Å². The molecule has 0 aromatic carbocycles. The first-order valence-electron chi connectivity index (χ1n) is 7.58. The first kappa shape index (κ1) is 31.3. The molecule has 0 nitrogen and oxygen atoms in total. The van der Waals surface area contributed by atoms with Crippen LogP contribution in [0.3, 0.4) is 0 Å². The molecule has 0 amide bonds. The monoisotopic (exact) mass is 687 g/mol. The molecule has 0 aromatic rings. The van der Waals surface area contributed by atoms with Gasteiger partial charge in [-0.2, -0.15) is 59.1 Å². The van der Waals surface area contributed by atoms with E-state index < -0.39 is 80.5 Å². The van der Waals surface area contributed by atoms with E-state index in [0.29, 0.717) is 0 Å². The summed E-state index contributed by atoms with van der Waals surface area (Å²) in [6.07, 6.45) is -33.1. The van der Waals surface area contributed by atoms with Gasteiger partial charge in [0.1, 0.15) is 0 Å². The van der Waals surface area contributed by atoms with Crippen LogP contribution in [-0.2, 0) is 0 Å². The minimum Gasteiger partial charge on any atom is -0.343 e. The Bertz CT molecular complexity index is 459. The fourth-order valence-corrected chi connectivity index (χ4v) is 2.38. The summed E-state index contributed by atoms with van der Waals surface area (Å²) in [6.45, 7) is 3.00. The normalized spacial score (nSPS) is 15.8. The predicted octanol–water partition coefficient (Wildman–Crippen LogP) is 7.44. The van der Waals surface area contributed by atoms with E-state index >= 15 is 0 Å². The summed E-state index contributed by atoms with van der Waals surface area (Å²) in [5.74, 6) is -1.76. The van der Waals surface area contributed by atoms with Crippen LogP contribution in [0, 0.1) is 44.0 Å². The average Bonchev–Trinajstić information content (AvgIpc) is 2.45. The quantitative estimate of drug-likeness (QED) is 0.142. The van der Waals surface area contributed by atoms with Crippen molar-refractivity contribution < 1.29 is 92.6 Å². The van der Waals surface area contributed by atoms with Gasteiger partial charge >= 0.3 is 24.7 Å². The van der Waals surface area contributed by atoms with Gasteiger partial charge in [-0.3, -0.25) is 0 Å². The number of hydrogen-bond acceptors (Lipinski definition) is 0. The molecule has 1 atom stereocenters. The molecule has 0 fully saturated rings. The zero-order chi connectivity index (χ0) is 22.8. The van der Waals surface area contributed by atoms with E-state index in [9.17, 15) is 61.5 Å². The van der Waals surface area contributed by atoms with E-state index in [2.05, 4.69) is 6.92 Å². The van der Waals surface area contributed by atoms with Gasteiger partial charge in [0.2, 0.25) is 0 Å². The average molecular weight is 687 g/mol. The van der Waals surface area contributed by atoms with Crippen molar-refractivity contribution in [2.24, 2.45) is 5.92 Å². The minimum atomic E-state index is -6.35. The van der Waals surface area contributed by atoms with E-state index in [1.54, 1.807) is 0 Å². The standard InChI is InChI=1S/C14H15F14.U/c1-2-8(7-10(16,13(23,24)25)14(26,27)28)5-3-4-6-9(15,11(17,18)19)12(20,21)22;/h8H,1-7H2;/q-1;. The molecule has 0 radical (unpaired) electrons. The van der Waals surface area contributed by atoms with Gasteiger partial charge in [-0.05, 0) is 12.8 Å². The summed E-state index contributed by atoms with van der Waals surface area (Å²) in [6, 6.07) is 0. The van der Waals surface area contributed by atoms with E-state index in [1.165, 1.54) is 0 Å². The third-order valence-electron chi connectivity index (χ3n) is 4.16. The second kappa shape index (κ2) is 10.1. The van der Waals surface area contributed by atoms with Crippen LogP contribution < -0.4 is 0 Å². The Kier molecular flexibility index (Phi) is 10.9.